The molecule has 0 heterocycles. The molecule has 0 N–H and O–H groups in total. The maximum atomic E-state index is 8.28. The summed E-state index contributed by atoms with van der Waals surface area (Å²) in [5, 5.41) is 0. The number of rotatable bonds is 0. The van der Waals surface area contributed by atoms with Crippen LogP contribution in [0.15, 0.2) is 0 Å². The van der Waals surface area contributed by atoms with E-state index in [4.69, 9.17) is 3.80 Å². The van der Waals surface area contributed by atoms with E-state index in [1.807, 2.05) is 0 Å². The van der Waals surface area contributed by atoms with Gasteiger partial charge in [0.15, 0.2) is 0 Å². The molecule has 0 aliphatic carbocycles. The maximum absolute atomic E-state index is 8.28. The van der Waals surface area contributed by atoms with Crippen LogP contribution in [0.4, 0.5) is 0 Å². The molecular weight excluding hydrogens is 60.7 g/mol. The first-order chi connectivity index (χ1) is 1.00. The van der Waals surface area contributed by atoms with Crippen molar-refractivity contribution < 1.29 is 3.80 Å². The molecule has 0 radical (unpaired) electrons. The van der Waals surface area contributed by atoms with Crippen LogP contribution in [0.1, 0.15) is 0 Å². The zero-order valence-electron chi connectivity index (χ0n) is 1.12. The van der Waals surface area contributed by atoms with E-state index >= 15 is 0 Å². The summed E-state index contributed by atoms with van der Waals surface area (Å²) in [7, 11) is 0. The molecular formula is H5AlBLiO. The minimum absolute atomic E-state index is 0. The molecule has 0 rings (SSSR count). The first kappa shape index (κ1) is 20.0. The van der Waals surface area contributed by atoms with E-state index in [0.29, 0.717) is 16.2 Å². The second-order valence-corrected chi connectivity index (χ2v) is 0. The van der Waals surface area contributed by atoms with Crippen molar-refractivity contribution in [2.45, 2.75) is 0 Å². The van der Waals surface area contributed by atoms with Crippen molar-refractivity contribution in [3.05, 3.63) is 0 Å². The van der Waals surface area contributed by atoms with Crippen molar-refractivity contribution in [2.24, 2.45) is 0 Å². The Hall–Kier alpha value is 0.995. The van der Waals surface area contributed by atoms with Gasteiger partial charge in [-0.1, -0.05) is 0 Å². The first-order valence-electron chi connectivity index (χ1n) is 0.289. The normalized spacial score (nSPS) is 0.750. The second kappa shape index (κ2) is 36.2. The van der Waals surface area contributed by atoms with E-state index < -0.39 is 0 Å². The van der Waals surface area contributed by atoms with Crippen LogP contribution in [0.25, 0.3) is 0 Å². The van der Waals surface area contributed by atoms with E-state index in [1.54, 1.807) is 0 Å². The molecule has 0 aromatic carbocycles. The first-order valence-corrected chi connectivity index (χ1v) is 0.866. The van der Waals surface area contributed by atoms with Crippen LogP contribution in [0.5, 0.6) is 0 Å². The van der Waals surface area contributed by atoms with Crippen LogP contribution in [0.3, 0.4) is 0 Å². The molecule has 0 aliphatic heterocycles. The number of hydrogen-bond acceptors (Lipinski definition) is 1. The van der Waals surface area contributed by atoms with Crippen molar-refractivity contribution >= 4 is 43.5 Å². The fourth-order valence-electron chi connectivity index (χ4n) is 0. The Labute approximate surface area is 47.5 Å². The SMILES string of the molecule is B.[LiH].[O]=[AlH]. The molecule has 0 aromatic rings. The number of hydrogen-bond donors (Lipinski definition) is 0. The fraction of sp³-hybridized carbons (Fsp3) is 0. The second-order valence-electron chi connectivity index (χ2n) is 0. The Kier molecular flexibility index (Phi) is 181. The molecule has 0 bridgehead atoms. The summed E-state index contributed by atoms with van der Waals surface area (Å²) in [6.45, 7) is 0. The van der Waals surface area contributed by atoms with Crippen molar-refractivity contribution in [2.75, 3.05) is 0 Å². The fourth-order valence-corrected chi connectivity index (χ4v) is 0. The summed E-state index contributed by atoms with van der Waals surface area (Å²) < 4.78 is 8.28. The average molecular weight is 65.8 g/mol. The van der Waals surface area contributed by atoms with Gasteiger partial charge >= 0.3 is 38.9 Å². The third-order valence-corrected chi connectivity index (χ3v) is 0. The summed E-state index contributed by atoms with van der Waals surface area (Å²) in [5.41, 5.74) is 0. The monoisotopic (exact) mass is 66.0 g/mol. The van der Waals surface area contributed by atoms with Gasteiger partial charge < -0.3 is 0 Å². The van der Waals surface area contributed by atoms with Crippen LogP contribution in [-0.4, -0.2) is 43.5 Å². The zero-order valence-corrected chi connectivity index (χ0v) is 2.53. The van der Waals surface area contributed by atoms with Gasteiger partial charge in [-0.05, 0) is 0 Å². The molecule has 0 aromatic heterocycles. The van der Waals surface area contributed by atoms with Gasteiger partial charge in [0.1, 0.15) is 0 Å². The summed E-state index contributed by atoms with van der Waals surface area (Å²) in [6, 6.07) is 0. The van der Waals surface area contributed by atoms with Crippen LogP contribution in [0, 0.1) is 0 Å². The summed E-state index contributed by atoms with van der Waals surface area (Å²) in [6.07, 6.45) is 0. The van der Waals surface area contributed by atoms with E-state index in [2.05, 4.69) is 0 Å². The molecule has 0 saturated heterocycles. The molecule has 0 aliphatic rings. The molecule has 0 saturated carbocycles. The Morgan fingerprint density at radius 1 is 1.25 bits per heavy atom. The van der Waals surface area contributed by atoms with Crippen LogP contribution in [0.2, 0.25) is 0 Å². The van der Waals surface area contributed by atoms with Crippen LogP contribution >= 0.6 is 0 Å². The molecule has 0 atom stereocenters. The van der Waals surface area contributed by atoms with Crippen LogP contribution in [-0.2, 0) is 3.80 Å². The average Bonchev–Trinajstić information content (AvgIpc) is 1.00. The van der Waals surface area contributed by atoms with Gasteiger partial charge in [0, 0.05) is 0 Å². The third-order valence-electron chi connectivity index (χ3n) is 0. The molecule has 18 valence electrons. The molecule has 0 fully saturated rings. The zero-order chi connectivity index (χ0) is 2.00. The Morgan fingerprint density at radius 2 is 1.25 bits per heavy atom. The quantitative estimate of drug-likeness (QED) is 0.283. The van der Waals surface area contributed by atoms with Gasteiger partial charge in [-0.3, -0.25) is 0 Å². The van der Waals surface area contributed by atoms with Gasteiger partial charge in [0.05, 0.1) is 8.41 Å². The van der Waals surface area contributed by atoms with E-state index in [0.717, 1.165) is 0 Å². The predicted octanol–water partition coefficient (Wildman–Crippen LogP) is -2.60. The van der Waals surface area contributed by atoms with Crippen molar-refractivity contribution in [1.82, 2.24) is 0 Å². The minimum atomic E-state index is 0. The van der Waals surface area contributed by atoms with E-state index in [9.17, 15) is 0 Å². The van der Waals surface area contributed by atoms with Gasteiger partial charge in [0.2, 0.25) is 0 Å². The van der Waals surface area contributed by atoms with Crippen LogP contribution < -0.4 is 0 Å². The molecule has 0 spiro atoms. The third kappa shape index (κ3) is 12.0. The molecule has 0 amide bonds. The van der Waals surface area contributed by atoms with Gasteiger partial charge in [-0.25, -0.2) is 0 Å². The molecule has 0 unspecified atom stereocenters. The van der Waals surface area contributed by atoms with Gasteiger partial charge in [-0.2, -0.15) is 0 Å². The van der Waals surface area contributed by atoms with Crippen molar-refractivity contribution in [1.29, 1.82) is 0 Å². The Bertz CT molecular complexity index is 8.00. The Morgan fingerprint density at radius 3 is 1.25 bits per heavy atom. The molecule has 1 nitrogen and oxygen atoms in total. The Balaban J connectivity index is -0.00000000500. The van der Waals surface area contributed by atoms with E-state index in [-0.39, 0.29) is 27.3 Å². The predicted molar refractivity (Wildman–Crippen MR) is 24.9 cm³/mol. The van der Waals surface area contributed by atoms with Crippen molar-refractivity contribution in [3.8, 4) is 0 Å². The molecule has 4 heavy (non-hydrogen) atoms. The summed E-state index contributed by atoms with van der Waals surface area (Å²) >= 11 is 0.611. The summed E-state index contributed by atoms with van der Waals surface area (Å²) in [5.74, 6) is 0. The van der Waals surface area contributed by atoms with Crippen molar-refractivity contribution in [3.63, 3.8) is 0 Å². The topological polar surface area (TPSA) is 17.1 Å². The van der Waals surface area contributed by atoms with Gasteiger partial charge in [-0.15, -0.1) is 0 Å². The summed E-state index contributed by atoms with van der Waals surface area (Å²) in [4.78, 5) is 0. The van der Waals surface area contributed by atoms with Gasteiger partial charge in [0.25, 0.3) is 0 Å². The molecule has 4 heteroatoms. The standard InChI is InChI=1S/Al.BH3.Li.O.2H/h;1H3;;;;. The van der Waals surface area contributed by atoms with E-state index in [1.165, 1.54) is 0 Å².